The molecule has 0 fully saturated rings. The largest absolute Gasteiger partial charge is 0.476 e. The molecule has 0 aliphatic rings. The lowest BCUT2D eigenvalue weighted by atomic mass is 9.99. The van der Waals surface area contributed by atoms with Gasteiger partial charge in [-0.2, -0.15) is 0 Å². The number of aromatic nitrogens is 2. The van der Waals surface area contributed by atoms with Crippen LogP contribution < -0.4 is 4.74 Å². The first-order valence-electron chi connectivity index (χ1n) is 4.81. The molecule has 0 saturated heterocycles. The van der Waals surface area contributed by atoms with Gasteiger partial charge < -0.3 is 4.74 Å². The number of ether oxygens (including phenoxy) is 1. The number of hydrogen-bond donors (Lipinski definition) is 0. The maximum absolute atomic E-state index is 5.53. The highest BCUT2D eigenvalue weighted by molar-refractivity contribution is 5.14. The SMILES string of the molecule is Cc1ncc(OCC(C)(C)C)nc1C. The smallest absolute Gasteiger partial charge is 0.232 e. The monoisotopic (exact) mass is 194 g/mol. The highest BCUT2D eigenvalue weighted by atomic mass is 16.5. The maximum atomic E-state index is 5.53. The minimum Gasteiger partial charge on any atom is -0.476 e. The molecule has 3 heteroatoms. The van der Waals surface area contributed by atoms with Crippen LogP contribution in [0.2, 0.25) is 0 Å². The van der Waals surface area contributed by atoms with E-state index < -0.39 is 0 Å². The normalized spacial score (nSPS) is 11.5. The van der Waals surface area contributed by atoms with Gasteiger partial charge in [-0.25, -0.2) is 4.98 Å². The van der Waals surface area contributed by atoms with Gasteiger partial charge in [0.1, 0.15) is 0 Å². The molecular formula is C11H18N2O. The fraction of sp³-hybridized carbons (Fsp3) is 0.636. The molecule has 0 radical (unpaired) electrons. The predicted octanol–water partition coefficient (Wildman–Crippen LogP) is 2.52. The van der Waals surface area contributed by atoms with Gasteiger partial charge in [0.05, 0.1) is 24.2 Å². The van der Waals surface area contributed by atoms with Gasteiger partial charge in [-0.15, -0.1) is 0 Å². The Balaban J connectivity index is 2.65. The summed E-state index contributed by atoms with van der Waals surface area (Å²) in [7, 11) is 0. The van der Waals surface area contributed by atoms with E-state index in [4.69, 9.17) is 4.74 Å². The highest BCUT2D eigenvalue weighted by Crippen LogP contribution is 2.15. The highest BCUT2D eigenvalue weighted by Gasteiger charge is 2.11. The van der Waals surface area contributed by atoms with E-state index in [-0.39, 0.29) is 5.41 Å². The molecule has 0 atom stereocenters. The van der Waals surface area contributed by atoms with Crippen molar-refractivity contribution in [1.29, 1.82) is 0 Å². The molecule has 1 aromatic heterocycles. The van der Waals surface area contributed by atoms with E-state index in [1.807, 2.05) is 13.8 Å². The van der Waals surface area contributed by atoms with Crippen molar-refractivity contribution in [1.82, 2.24) is 9.97 Å². The van der Waals surface area contributed by atoms with Crippen LogP contribution in [0.5, 0.6) is 5.88 Å². The van der Waals surface area contributed by atoms with Crippen LogP contribution in [0.4, 0.5) is 0 Å². The summed E-state index contributed by atoms with van der Waals surface area (Å²) in [4.78, 5) is 8.48. The van der Waals surface area contributed by atoms with Gasteiger partial charge >= 0.3 is 0 Å². The lowest BCUT2D eigenvalue weighted by Crippen LogP contribution is -2.17. The van der Waals surface area contributed by atoms with Crippen molar-refractivity contribution in [3.8, 4) is 5.88 Å². The molecule has 0 bridgehead atoms. The Bertz CT molecular complexity index is 316. The second-order valence-corrected chi connectivity index (χ2v) is 4.73. The van der Waals surface area contributed by atoms with E-state index in [0.717, 1.165) is 11.4 Å². The number of hydrogen-bond acceptors (Lipinski definition) is 3. The molecule has 3 nitrogen and oxygen atoms in total. The van der Waals surface area contributed by atoms with Crippen LogP contribution in [0, 0.1) is 19.3 Å². The molecule has 0 amide bonds. The first-order valence-corrected chi connectivity index (χ1v) is 4.81. The van der Waals surface area contributed by atoms with Crippen LogP contribution in [0.15, 0.2) is 6.20 Å². The zero-order valence-corrected chi connectivity index (χ0v) is 9.59. The van der Waals surface area contributed by atoms with Crippen molar-refractivity contribution in [3.63, 3.8) is 0 Å². The van der Waals surface area contributed by atoms with Gasteiger partial charge in [0.15, 0.2) is 0 Å². The van der Waals surface area contributed by atoms with Crippen molar-refractivity contribution in [2.45, 2.75) is 34.6 Å². The van der Waals surface area contributed by atoms with E-state index in [1.54, 1.807) is 6.20 Å². The molecule has 0 aliphatic carbocycles. The molecule has 14 heavy (non-hydrogen) atoms. The molecule has 1 rings (SSSR count). The molecule has 0 N–H and O–H groups in total. The number of aryl methyl sites for hydroxylation is 2. The minimum atomic E-state index is 0.153. The Morgan fingerprint density at radius 3 is 2.36 bits per heavy atom. The summed E-state index contributed by atoms with van der Waals surface area (Å²) in [5.41, 5.74) is 2.03. The first-order chi connectivity index (χ1) is 6.38. The Kier molecular flexibility index (Phi) is 3.09. The van der Waals surface area contributed by atoms with Gasteiger partial charge in [0, 0.05) is 0 Å². The van der Waals surface area contributed by atoms with Crippen molar-refractivity contribution < 1.29 is 4.74 Å². The predicted molar refractivity (Wildman–Crippen MR) is 56.5 cm³/mol. The van der Waals surface area contributed by atoms with Crippen LogP contribution >= 0.6 is 0 Å². The van der Waals surface area contributed by atoms with E-state index >= 15 is 0 Å². The molecule has 0 aliphatic heterocycles. The lowest BCUT2D eigenvalue weighted by molar-refractivity contribution is 0.190. The Morgan fingerprint density at radius 1 is 1.21 bits per heavy atom. The average Bonchev–Trinajstić information content (AvgIpc) is 2.06. The van der Waals surface area contributed by atoms with Crippen LogP contribution in [-0.2, 0) is 0 Å². The molecule has 1 heterocycles. The zero-order valence-electron chi connectivity index (χ0n) is 9.59. The van der Waals surface area contributed by atoms with E-state index in [0.29, 0.717) is 12.5 Å². The summed E-state index contributed by atoms with van der Waals surface area (Å²) in [6.07, 6.45) is 1.67. The van der Waals surface area contributed by atoms with Crippen LogP contribution in [0.3, 0.4) is 0 Å². The van der Waals surface area contributed by atoms with E-state index in [1.165, 1.54) is 0 Å². The second kappa shape index (κ2) is 3.95. The number of nitrogens with zero attached hydrogens (tertiary/aromatic N) is 2. The number of rotatable bonds is 2. The lowest BCUT2D eigenvalue weighted by Gasteiger charge is -2.18. The Morgan fingerprint density at radius 2 is 1.86 bits per heavy atom. The van der Waals surface area contributed by atoms with Crippen LogP contribution in [0.25, 0.3) is 0 Å². The van der Waals surface area contributed by atoms with Gasteiger partial charge in [-0.3, -0.25) is 4.98 Å². The first kappa shape index (κ1) is 11.0. The van der Waals surface area contributed by atoms with Crippen molar-refractivity contribution >= 4 is 0 Å². The van der Waals surface area contributed by atoms with Crippen LogP contribution in [-0.4, -0.2) is 16.6 Å². The fourth-order valence-electron chi connectivity index (χ4n) is 0.881. The zero-order chi connectivity index (χ0) is 10.8. The molecule has 0 unspecified atom stereocenters. The van der Waals surface area contributed by atoms with Gasteiger partial charge in [0.2, 0.25) is 5.88 Å². The fourth-order valence-corrected chi connectivity index (χ4v) is 0.881. The summed E-state index contributed by atoms with van der Waals surface area (Å²) in [5.74, 6) is 0.614. The standard InChI is InChI=1S/C11H18N2O/c1-8-9(2)13-10(6-12-8)14-7-11(3,4)5/h6H,7H2,1-5H3. The van der Waals surface area contributed by atoms with Gasteiger partial charge in [-0.05, 0) is 19.3 Å². The van der Waals surface area contributed by atoms with Crippen molar-refractivity contribution in [3.05, 3.63) is 17.6 Å². The van der Waals surface area contributed by atoms with Gasteiger partial charge in [0.25, 0.3) is 0 Å². The molecule has 1 aromatic rings. The third kappa shape index (κ3) is 3.32. The summed E-state index contributed by atoms with van der Waals surface area (Å²) in [6, 6.07) is 0. The molecule has 0 spiro atoms. The molecular weight excluding hydrogens is 176 g/mol. The summed E-state index contributed by atoms with van der Waals surface area (Å²) >= 11 is 0. The maximum Gasteiger partial charge on any atom is 0.232 e. The average molecular weight is 194 g/mol. The minimum absolute atomic E-state index is 0.153. The summed E-state index contributed by atoms with van der Waals surface area (Å²) < 4.78 is 5.53. The van der Waals surface area contributed by atoms with Crippen LogP contribution in [0.1, 0.15) is 32.2 Å². The summed E-state index contributed by atoms with van der Waals surface area (Å²) in [6.45, 7) is 10.9. The van der Waals surface area contributed by atoms with E-state index in [9.17, 15) is 0 Å². The summed E-state index contributed by atoms with van der Waals surface area (Å²) in [5, 5.41) is 0. The van der Waals surface area contributed by atoms with Gasteiger partial charge in [-0.1, -0.05) is 20.8 Å². The van der Waals surface area contributed by atoms with Crippen molar-refractivity contribution in [2.75, 3.05) is 6.61 Å². The van der Waals surface area contributed by atoms with E-state index in [2.05, 4.69) is 30.7 Å². The molecule has 78 valence electrons. The third-order valence-corrected chi connectivity index (χ3v) is 1.82. The Hall–Kier alpha value is -1.12. The third-order valence-electron chi connectivity index (χ3n) is 1.82. The molecule has 0 saturated carbocycles. The topological polar surface area (TPSA) is 35.0 Å². The second-order valence-electron chi connectivity index (χ2n) is 4.73. The molecule has 0 aromatic carbocycles. The van der Waals surface area contributed by atoms with Crippen molar-refractivity contribution in [2.24, 2.45) is 5.41 Å². The Labute approximate surface area is 85.5 Å². The quantitative estimate of drug-likeness (QED) is 0.725.